The predicted octanol–water partition coefficient (Wildman–Crippen LogP) is 4.04. The van der Waals surface area contributed by atoms with E-state index < -0.39 is 0 Å². The first-order valence-corrected chi connectivity index (χ1v) is 9.66. The Hall–Kier alpha value is -3.06. The molecule has 1 heterocycles. The number of benzene rings is 2. The van der Waals surface area contributed by atoms with Crippen molar-refractivity contribution in [3.63, 3.8) is 0 Å². The average molecular weight is 397 g/mol. The summed E-state index contributed by atoms with van der Waals surface area (Å²) in [5.41, 5.74) is 3.09. The number of ether oxygens (including phenoxy) is 3. The number of aromatic nitrogens is 2. The van der Waals surface area contributed by atoms with Crippen molar-refractivity contribution in [2.75, 3.05) is 32.8 Å². The molecular weight excluding hydrogens is 370 g/mol. The lowest BCUT2D eigenvalue weighted by Crippen LogP contribution is -2.17. The van der Waals surface area contributed by atoms with Crippen molar-refractivity contribution in [1.29, 1.82) is 0 Å². The second-order valence-corrected chi connectivity index (χ2v) is 6.59. The highest BCUT2D eigenvalue weighted by atomic mass is 16.5. The maximum Gasteiger partial charge on any atom is 0.258 e. The van der Waals surface area contributed by atoms with Gasteiger partial charge in [0.25, 0.3) is 5.91 Å². The Balaban J connectivity index is 1.90. The normalized spacial score (nSPS) is 10.9. The first-order chi connectivity index (χ1) is 14.1. The fourth-order valence-corrected chi connectivity index (χ4v) is 3.26. The summed E-state index contributed by atoms with van der Waals surface area (Å²) in [5.74, 6) is 1.42. The molecule has 0 spiro atoms. The molecule has 0 saturated carbocycles. The Morgan fingerprint density at radius 1 is 1.14 bits per heavy atom. The molecule has 0 aliphatic heterocycles. The first-order valence-electron chi connectivity index (χ1n) is 9.66. The van der Waals surface area contributed by atoms with Crippen molar-refractivity contribution < 1.29 is 19.0 Å². The van der Waals surface area contributed by atoms with Crippen molar-refractivity contribution >= 4 is 22.9 Å². The van der Waals surface area contributed by atoms with Gasteiger partial charge in [-0.3, -0.25) is 10.1 Å². The zero-order chi connectivity index (χ0) is 20.8. The highest BCUT2D eigenvalue weighted by molar-refractivity contribution is 6.04. The van der Waals surface area contributed by atoms with Gasteiger partial charge in [0, 0.05) is 30.9 Å². The van der Waals surface area contributed by atoms with Crippen LogP contribution in [0.5, 0.6) is 11.5 Å². The fraction of sp³-hybridized carbons (Fsp3) is 0.364. The second kappa shape index (κ2) is 9.43. The molecule has 0 aliphatic rings. The molecule has 0 aliphatic carbocycles. The molecular formula is C22H27N3O4. The number of methoxy groups -OCH3 is 2. The standard InChI is InChI=1S/C22H27N3O4/c1-5-29-12-8-11-25-18-10-7-6-9-17(18)23-22(25)24-21(26)16-13-19(27-3)15(2)20(14-16)28-4/h6-7,9-10,13-14H,5,8,11-12H2,1-4H3,(H,23,24,26). The topological polar surface area (TPSA) is 74.6 Å². The van der Waals surface area contributed by atoms with Gasteiger partial charge in [0.05, 0.1) is 25.3 Å². The van der Waals surface area contributed by atoms with Crippen LogP contribution >= 0.6 is 0 Å². The quantitative estimate of drug-likeness (QED) is 0.552. The zero-order valence-electron chi connectivity index (χ0n) is 17.3. The SMILES string of the molecule is CCOCCCn1c(NC(=O)c2cc(OC)c(C)c(OC)c2)nc2ccccc21. The number of nitrogens with one attached hydrogen (secondary N) is 1. The molecule has 7 nitrogen and oxygen atoms in total. The minimum Gasteiger partial charge on any atom is -0.496 e. The third-order valence-corrected chi connectivity index (χ3v) is 4.77. The summed E-state index contributed by atoms with van der Waals surface area (Å²) in [7, 11) is 3.14. The lowest BCUT2D eigenvalue weighted by Gasteiger charge is -2.13. The van der Waals surface area contributed by atoms with Crippen LogP contribution in [0.15, 0.2) is 36.4 Å². The van der Waals surface area contributed by atoms with E-state index >= 15 is 0 Å². The lowest BCUT2D eigenvalue weighted by molar-refractivity contribution is 0.102. The summed E-state index contributed by atoms with van der Waals surface area (Å²) in [6, 6.07) is 11.2. The van der Waals surface area contributed by atoms with Crippen molar-refractivity contribution in [3.05, 3.63) is 47.5 Å². The van der Waals surface area contributed by atoms with Gasteiger partial charge in [-0.25, -0.2) is 4.98 Å². The number of rotatable bonds is 9. The Morgan fingerprint density at radius 3 is 2.48 bits per heavy atom. The summed E-state index contributed by atoms with van der Waals surface area (Å²) >= 11 is 0. The van der Waals surface area contributed by atoms with Gasteiger partial charge in [0.15, 0.2) is 0 Å². The summed E-state index contributed by atoms with van der Waals surface area (Å²) in [6.45, 7) is 5.89. The molecule has 0 atom stereocenters. The van der Waals surface area contributed by atoms with Crippen LogP contribution in [0.4, 0.5) is 5.95 Å². The maximum atomic E-state index is 13.0. The van der Waals surface area contributed by atoms with E-state index in [2.05, 4.69) is 10.3 Å². The first kappa shape index (κ1) is 20.7. The van der Waals surface area contributed by atoms with E-state index in [1.54, 1.807) is 26.4 Å². The molecule has 2 aromatic carbocycles. The Morgan fingerprint density at radius 2 is 1.83 bits per heavy atom. The van der Waals surface area contributed by atoms with E-state index in [1.165, 1.54) is 0 Å². The fourth-order valence-electron chi connectivity index (χ4n) is 3.26. The van der Waals surface area contributed by atoms with Crippen LogP contribution in [0.1, 0.15) is 29.3 Å². The van der Waals surface area contributed by atoms with Gasteiger partial charge in [-0.2, -0.15) is 0 Å². The Labute approximate surface area is 170 Å². The molecule has 0 bridgehead atoms. The molecule has 29 heavy (non-hydrogen) atoms. The molecule has 0 unspecified atom stereocenters. The number of amides is 1. The van der Waals surface area contributed by atoms with Crippen LogP contribution in [0.3, 0.4) is 0 Å². The molecule has 1 aromatic heterocycles. The molecule has 1 N–H and O–H groups in total. The number of hydrogen-bond donors (Lipinski definition) is 1. The number of nitrogens with zero attached hydrogens (tertiary/aromatic N) is 2. The number of aryl methyl sites for hydroxylation is 1. The van der Waals surface area contributed by atoms with E-state index in [0.29, 0.717) is 42.8 Å². The van der Waals surface area contributed by atoms with Gasteiger partial charge in [0.2, 0.25) is 5.95 Å². The second-order valence-electron chi connectivity index (χ2n) is 6.59. The molecule has 154 valence electrons. The van der Waals surface area contributed by atoms with Crippen LogP contribution in [-0.2, 0) is 11.3 Å². The van der Waals surface area contributed by atoms with Gasteiger partial charge in [-0.05, 0) is 44.5 Å². The molecule has 3 rings (SSSR count). The van der Waals surface area contributed by atoms with Gasteiger partial charge in [-0.1, -0.05) is 12.1 Å². The number of fused-ring (bicyclic) bond motifs is 1. The number of hydrogen-bond acceptors (Lipinski definition) is 5. The molecule has 0 radical (unpaired) electrons. The zero-order valence-corrected chi connectivity index (χ0v) is 17.3. The largest absolute Gasteiger partial charge is 0.496 e. The summed E-state index contributed by atoms with van der Waals surface area (Å²) < 4.78 is 18.2. The summed E-state index contributed by atoms with van der Waals surface area (Å²) in [4.78, 5) is 17.6. The highest BCUT2D eigenvalue weighted by Gasteiger charge is 2.17. The Kier molecular flexibility index (Phi) is 6.72. The van der Waals surface area contributed by atoms with E-state index in [-0.39, 0.29) is 5.91 Å². The van der Waals surface area contributed by atoms with E-state index in [4.69, 9.17) is 14.2 Å². The summed E-state index contributed by atoms with van der Waals surface area (Å²) in [6.07, 6.45) is 0.823. The van der Waals surface area contributed by atoms with Gasteiger partial charge < -0.3 is 18.8 Å². The maximum absolute atomic E-state index is 13.0. The van der Waals surface area contributed by atoms with Gasteiger partial charge >= 0.3 is 0 Å². The van der Waals surface area contributed by atoms with Crippen LogP contribution in [0.25, 0.3) is 11.0 Å². The van der Waals surface area contributed by atoms with Crippen molar-refractivity contribution in [3.8, 4) is 11.5 Å². The van der Waals surface area contributed by atoms with E-state index in [1.807, 2.05) is 42.7 Å². The van der Waals surface area contributed by atoms with Crippen LogP contribution in [0, 0.1) is 6.92 Å². The Bertz CT molecular complexity index is 972. The molecule has 3 aromatic rings. The number of carbonyl (C=O) groups excluding carboxylic acids is 1. The minimum absolute atomic E-state index is 0.275. The summed E-state index contributed by atoms with van der Waals surface area (Å²) in [5, 5.41) is 2.94. The predicted molar refractivity (Wildman–Crippen MR) is 113 cm³/mol. The lowest BCUT2D eigenvalue weighted by atomic mass is 10.1. The molecule has 0 fully saturated rings. The average Bonchev–Trinajstić information content (AvgIpc) is 3.08. The van der Waals surface area contributed by atoms with Crippen molar-refractivity contribution in [2.45, 2.75) is 26.8 Å². The molecule has 7 heteroatoms. The van der Waals surface area contributed by atoms with Crippen molar-refractivity contribution in [1.82, 2.24) is 9.55 Å². The number of imidazole rings is 1. The monoisotopic (exact) mass is 397 g/mol. The minimum atomic E-state index is -0.275. The van der Waals surface area contributed by atoms with Crippen LogP contribution in [-0.4, -0.2) is 42.9 Å². The van der Waals surface area contributed by atoms with Gasteiger partial charge in [0.1, 0.15) is 11.5 Å². The van der Waals surface area contributed by atoms with E-state index in [0.717, 1.165) is 23.0 Å². The third kappa shape index (κ3) is 4.51. The number of para-hydroxylation sites is 2. The molecule has 0 saturated heterocycles. The molecule has 1 amide bonds. The third-order valence-electron chi connectivity index (χ3n) is 4.77. The van der Waals surface area contributed by atoms with Crippen LogP contribution in [0.2, 0.25) is 0 Å². The van der Waals surface area contributed by atoms with Gasteiger partial charge in [-0.15, -0.1) is 0 Å². The number of carbonyl (C=O) groups is 1. The van der Waals surface area contributed by atoms with Crippen molar-refractivity contribution in [2.24, 2.45) is 0 Å². The van der Waals surface area contributed by atoms with E-state index in [9.17, 15) is 4.79 Å². The number of anilines is 1. The highest BCUT2D eigenvalue weighted by Crippen LogP contribution is 2.30. The smallest absolute Gasteiger partial charge is 0.258 e. The van der Waals surface area contributed by atoms with Crippen LogP contribution < -0.4 is 14.8 Å².